The number of likely N-dealkylation sites (tertiary alicyclic amines) is 1. The first kappa shape index (κ1) is 25.9. The number of carbonyl (C=O) groups excluding carboxylic acids is 1. The SMILES string of the molecule is CCN(CC)CCOC1CCN(C(=O)CC(C)C2CCCNC2)C1.Cl.Cl. The Morgan fingerprint density at radius 2 is 2.00 bits per heavy atom. The molecule has 7 heteroatoms. The second-order valence-corrected chi connectivity index (χ2v) is 7.44. The second kappa shape index (κ2) is 14.0. The Hall–Kier alpha value is -0.0700. The summed E-state index contributed by atoms with van der Waals surface area (Å²) < 4.78 is 5.99. The van der Waals surface area contributed by atoms with Crippen LogP contribution in [-0.2, 0) is 9.53 Å². The summed E-state index contributed by atoms with van der Waals surface area (Å²) in [5.41, 5.74) is 0. The molecule has 1 N–H and O–H groups in total. The molecule has 1 amide bonds. The summed E-state index contributed by atoms with van der Waals surface area (Å²) in [4.78, 5) is 17.0. The molecule has 5 nitrogen and oxygen atoms in total. The maximum Gasteiger partial charge on any atom is 0.222 e. The molecule has 2 rings (SSSR count). The van der Waals surface area contributed by atoms with Gasteiger partial charge in [-0.1, -0.05) is 20.8 Å². The van der Waals surface area contributed by atoms with Gasteiger partial charge in [0.15, 0.2) is 0 Å². The van der Waals surface area contributed by atoms with Crippen LogP contribution in [0.4, 0.5) is 0 Å². The Balaban J connectivity index is 0.00000312. The third kappa shape index (κ3) is 8.30. The molecular weight excluding hydrogens is 373 g/mol. The van der Waals surface area contributed by atoms with E-state index < -0.39 is 0 Å². The normalized spacial score (nSPS) is 24.1. The lowest BCUT2D eigenvalue weighted by molar-refractivity contribution is -0.132. The third-order valence-corrected chi connectivity index (χ3v) is 5.79. The molecule has 0 aromatic carbocycles. The van der Waals surface area contributed by atoms with Gasteiger partial charge in [0.2, 0.25) is 5.91 Å². The summed E-state index contributed by atoms with van der Waals surface area (Å²) >= 11 is 0. The molecule has 156 valence electrons. The molecule has 0 aromatic heterocycles. The number of rotatable bonds is 9. The molecule has 2 heterocycles. The van der Waals surface area contributed by atoms with Crippen molar-refractivity contribution in [3.05, 3.63) is 0 Å². The number of piperidine rings is 1. The molecule has 3 atom stereocenters. The maximum atomic E-state index is 12.6. The molecular formula is C19H39Cl2N3O2. The highest BCUT2D eigenvalue weighted by Gasteiger charge is 2.29. The van der Waals surface area contributed by atoms with Gasteiger partial charge in [-0.2, -0.15) is 0 Å². The van der Waals surface area contributed by atoms with Gasteiger partial charge >= 0.3 is 0 Å². The zero-order valence-electron chi connectivity index (χ0n) is 16.7. The molecule has 3 unspecified atom stereocenters. The van der Waals surface area contributed by atoms with Crippen molar-refractivity contribution < 1.29 is 9.53 Å². The van der Waals surface area contributed by atoms with Crippen LogP contribution in [0, 0.1) is 11.8 Å². The van der Waals surface area contributed by atoms with Gasteiger partial charge in [-0.3, -0.25) is 4.79 Å². The average Bonchev–Trinajstić information content (AvgIpc) is 3.08. The van der Waals surface area contributed by atoms with Crippen LogP contribution >= 0.6 is 24.8 Å². The van der Waals surface area contributed by atoms with Gasteiger partial charge in [0.1, 0.15) is 0 Å². The van der Waals surface area contributed by atoms with E-state index in [1.165, 1.54) is 12.8 Å². The lowest BCUT2D eigenvalue weighted by atomic mass is 9.85. The van der Waals surface area contributed by atoms with Crippen LogP contribution in [0.5, 0.6) is 0 Å². The van der Waals surface area contributed by atoms with Gasteiger partial charge in [-0.05, 0) is 57.3 Å². The van der Waals surface area contributed by atoms with Crippen LogP contribution in [0.2, 0.25) is 0 Å². The summed E-state index contributed by atoms with van der Waals surface area (Å²) in [6, 6.07) is 0. The molecule has 0 saturated carbocycles. The van der Waals surface area contributed by atoms with Crippen molar-refractivity contribution in [3.63, 3.8) is 0 Å². The van der Waals surface area contributed by atoms with Gasteiger partial charge in [0.05, 0.1) is 12.7 Å². The van der Waals surface area contributed by atoms with Crippen molar-refractivity contribution in [2.24, 2.45) is 11.8 Å². The molecule has 2 aliphatic heterocycles. The van der Waals surface area contributed by atoms with E-state index in [2.05, 4.69) is 31.0 Å². The summed E-state index contributed by atoms with van der Waals surface area (Å²) in [5.74, 6) is 1.46. The van der Waals surface area contributed by atoms with E-state index in [9.17, 15) is 4.79 Å². The summed E-state index contributed by atoms with van der Waals surface area (Å²) in [7, 11) is 0. The largest absolute Gasteiger partial charge is 0.375 e. The monoisotopic (exact) mass is 411 g/mol. The van der Waals surface area contributed by atoms with E-state index in [0.29, 0.717) is 24.2 Å². The van der Waals surface area contributed by atoms with Crippen LogP contribution in [0.15, 0.2) is 0 Å². The summed E-state index contributed by atoms with van der Waals surface area (Å²) in [6.07, 6.45) is 4.42. The van der Waals surface area contributed by atoms with Crippen molar-refractivity contribution in [1.82, 2.24) is 15.1 Å². The minimum Gasteiger partial charge on any atom is -0.375 e. The lowest BCUT2D eigenvalue weighted by Gasteiger charge is -2.29. The third-order valence-electron chi connectivity index (χ3n) is 5.79. The highest BCUT2D eigenvalue weighted by molar-refractivity contribution is 5.85. The minimum absolute atomic E-state index is 0. The van der Waals surface area contributed by atoms with Gasteiger partial charge in [0.25, 0.3) is 0 Å². The molecule has 0 aliphatic carbocycles. The highest BCUT2D eigenvalue weighted by atomic mass is 35.5. The summed E-state index contributed by atoms with van der Waals surface area (Å²) in [6.45, 7) is 14.4. The number of halogens is 2. The van der Waals surface area contributed by atoms with E-state index in [0.717, 1.165) is 58.8 Å². The first-order valence-electron chi connectivity index (χ1n) is 9.96. The van der Waals surface area contributed by atoms with Crippen LogP contribution in [0.1, 0.15) is 46.5 Å². The summed E-state index contributed by atoms with van der Waals surface area (Å²) in [5, 5.41) is 3.46. The number of nitrogens with one attached hydrogen (secondary N) is 1. The van der Waals surface area contributed by atoms with E-state index in [1.54, 1.807) is 0 Å². The molecule has 0 radical (unpaired) electrons. The predicted molar refractivity (Wildman–Crippen MR) is 113 cm³/mol. The number of ether oxygens (including phenoxy) is 1. The zero-order valence-corrected chi connectivity index (χ0v) is 18.4. The topological polar surface area (TPSA) is 44.8 Å². The van der Waals surface area contributed by atoms with Gasteiger partial charge in [-0.25, -0.2) is 0 Å². The minimum atomic E-state index is 0. The number of carbonyl (C=O) groups is 1. The smallest absolute Gasteiger partial charge is 0.222 e. The van der Waals surface area contributed by atoms with E-state index >= 15 is 0 Å². The Labute approximate surface area is 172 Å². The maximum absolute atomic E-state index is 12.6. The van der Waals surface area contributed by atoms with Crippen molar-refractivity contribution in [2.45, 2.75) is 52.6 Å². The average molecular weight is 412 g/mol. The van der Waals surface area contributed by atoms with Gasteiger partial charge < -0.3 is 19.9 Å². The number of likely N-dealkylation sites (N-methyl/N-ethyl adjacent to an activating group) is 1. The Bertz CT molecular complexity index is 378. The number of amides is 1. The standard InChI is InChI=1S/C19H37N3O2.2ClH/c1-4-21(5-2)11-12-24-18-8-10-22(15-18)19(23)13-16(3)17-7-6-9-20-14-17;;/h16-18,20H,4-15H2,1-3H3;2*1H. The fourth-order valence-corrected chi connectivity index (χ4v) is 3.91. The Morgan fingerprint density at radius 3 is 2.62 bits per heavy atom. The highest BCUT2D eigenvalue weighted by Crippen LogP contribution is 2.24. The Morgan fingerprint density at radius 1 is 1.27 bits per heavy atom. The van der Waals surface area contributed by atoms with Gasteiger partial charge in [-0.15, -0.1) is 24.8 Å². The van der Waals surface area contributed by atoms with E-state index in [4.69, 9.17) is 4.74 Å². The second-order valence-electron chi connectivity index (χ2n) is 7.44. The Kier molecular flexibility index (Phi) is 14.0. The van der Waals surface area contributed by atoms with E-state index in [1.807, 2.05) is 4.90 Å². The van der Waals surface area contributed by atoms with Crippen molar-refractivity contribution in [1.29, 1.82) is 0 Å². The van der Waals surface area contributed by atoms with Crippen LogP contribution < -0.4 is 5.32 Å². The van der Waals surface area contributed by atoms with Crippen LogP contribution in [0.3, 0.4) is 0 Å². The molecule has 0 spiro atoms. The molecule has 26 heavy (non-hydrogen) atoms. The zero-order chi connectivity index (χ0) is 17.4. The molecule has 0 aromatic rings. The predicted octanol–water partition coefficient (Wildman–Crippen LogP) is 2.82. The number of hydrogen-bond donors (Lipinski definition) is 1. The van der Waals surface area contributed by atoms with Crippen LogP contribution in [-0.4, -0.2) is 74.2 Å². The fourth-order valence-electron chi connectivity index (χ4n) is 3.91. The van der Waals surface area contributed by atoms with Crippen LogP contribution in [0.25, 0.3) is 0 Å². The molecule has 2 aliphatic rings. The van der Waals surface area contributed by atoms with Crippen molar-refractivity contribution in [3.8, 4) is 0 Å². The fraction of sp³-hybridized carbons (Fsp3) is 0.947. The van der Waals surface area contributed by atoms with Gasteiger partial charge in [0, 0.05) is 26.1 Å². The molecule has 0 bridgehead atoms. The first-order chi connectivity index (χ1) is 11.6. The molecule has 2 fully saturated rings. The van der Waals surface area contributed by atoms with Crippen molar-refractivity contribution in [2.75, 3.05) is 52.4 Å². The first-order valence-corrected chi connectivity index (χ1v) is 9.96. The molecule has 2 saturated heterocycles. The quantitative estimate of drug-likeness (QED) is 0.633. The number of hydrogen-bond acceptors (Lipinski definition) is 4. The van der Waals surface area contributed by atoms with Crippen molar-refractivity contribution >= 4 is 30.7 Å². The number of nitrogens with zero attached hydrogens (tertiary/aromatic N) is 2. The lowest BCUT2D eigenvalue weighted by Crippen LogP contribution is -2.37. The van der Waals surface area contributed by atoms with E-state index in [-0.39, 0.29) is 30.9 Å².